The fourth-order valence-corrected chi connectivity index (χ4v) is 12.4. The van der Waals surface area contributed by atoms with Crippen LogP contribution in [-0.4, -0.2) is 10.4 Å². The van der Waals surface area contributed by atoms with Gasteiger partial charge in [0, 0.05) is 10.4 Å². The zero-order chi connectivity index (χ0) is 17.0. The minimum Gasteiger partial charge on any atom is -0.0892 e. The summed E-state index contributed by atoms with van der Waals surface area (Å²) in [5.41, 5.74) is 0. The first-order valence-corrected chi connectivity index (χ1v) is 12.7. The van der Waals surface area contributed by atoms with Crippen molar-refractivity contribution in [1.82, 2.24) is 0 Å². The molecule has 1 fully saturated rings. The first kappa shape index (κ1) is 17.1. The molecule has 0 saturated carbocycles. The first-order valence-electron chi connectivity index (χ1n) is 8.64. The molecule has 25 heavy (non-hydrogen) atoms. The number of hydrogen-bond donors (Lipinski definition) is 0. The van der Waals surface area contributed by atoms with Gasteiger partial charge in [-0.1, -0.05) is 113 Å². The molecule has 0 radical (unpaired) electrons. The molecule has 0 atom stereocenters. The van der Waals surface area contributed by atoms with E-state index in [9.17, 15) is 0 Å². The van der Waals surface area contributed by atoms with E-state index in [0.717, 1.165) is 0 Å². The van der Waals surface area contributed by atoms with Gasteiger partial charge in [-0.2, -0.15) is 0 Å². The summed E-state index contributed by atoms with van der Waals surface area (Å²) in [4.78, 5) is 0. The molecule has 0 unspecified atom stereocenters. The third-order valence-electron chi connectivity index (χ3n) is 4.58. The van der Waals surface area contributed by atoms with Crippen molar-refractivity contribution in [1.29, 1.82) is 0 Å². The monoisotopic (exact) mass is 380 g/mol. The second-order valence-electron chi connectivity index (χ2n) is 6.08. The molecule has 0 spiro atoms. The third kappa shape index (κ3) is 3.24. The molecule has 1 aliphatic rings. The van der Waals surface area contributed by atoms with Crippen LogP contribution < -0.4 is 15.9 Å². The lowest BCUT2D eigenvalue weighted by atomic mass is 10.3. The molecule has 3 heteroatoms. The topological polar surface area (TPSA) is 0 Å². The van der Waals surface area contributed by atoms with Crippen molar-refractivity contribution in [3.05, 3.63) is 91.0 Å². The van der Waals surface area contributed by atoms with E-state index >= 15 is 0 Å². The molecule has 3 aromatic carbocycles. The van der Waals surface area contributed by atoms with Crippen molar-refractivity contribution in [3.8, 4) is 0 Å². The van der Waals surface area contributed by atoms with Crippen LogP contribution in [0.4, 0.5) is 0 Å². The van der Waals surface area contributed by atoms with Crippen LogP contribution in [0.15, 0.2) is 91.0 Å². The van der Waals surface area contributed by atoms with Crippen LogP contribution in [0, 0.1) is 0 Å². The average Bonchev–Trinajstić information content (AvgIpc) is 2.72. The fourth-order valence-electron chi connectivity index (χ4n) is 3.49. The van der Waals surface area contributed by atoms with Crippen LogP contribution >= 0.6 is 28.5 Å². The molecule has 0 N–H and O–H groups in total. The van der Waals surface area contributed by atoms with E-state index < -0.39 is 6.89 Å². The van der Waals surface area contributed by atoms with E-state index in [-0.39, 0.29) is 0 Å². The number of benzene rings is 3. The summed E-state index contributed by atoms with van der Waals surface area (Å²) in [7, 11) is 4.06. The Hall–Kier alpha value is -1.34. The van der Waals surface area contributed by atoms with Crippen LogP contribution in [0.5, 0.6) is 0 Å². The highest BCUT2D eigenvalue weighted by Crippen LogP contribution is 2.53. The zero-order valence-corrected chi connectivity index (χ0v) is 16.6. The van der Waals surface area contributed by atoms with Crippen LogP contribution in [0.1, 0.15) is 12.8 Å². The normalized spacial score (nSPS) is 15.1. The van der Waals surface area contributed by atoms with E-state index in [0.29, 0.717) is 0 Å². The molecule has 0 aliphatic carbocycles. The SMILES string of the molecule is c1ccc(P(=C2CCCSS2)(c2ccccc2)c2ccccc2)cc1. The second kappa shape index (κ2) is 7.91. The molecule has 0 aromatic heterocycles. The molecule has 3 aromatic rings. The van der Waals surface area contributed by atoms with E-state index in [1.165, 1.54) is 34.5 Å². The van der Waals surface area contributed by atoms with Crippen molar-refractivity contribution in [2.75, 3.05) is 5.75 Å². The molecule has 1 saturated heterocycles. The summed E-state index contributed by atoms with van der Waals surface area (Å²) in [6, 6.07) is 33.5. The van der Waals surface area contributed by atoms with E-state index in [1.54, 1.807) is 4.63 Å². The maximum absolute atomic E-state index is 2.33. The molecule has 1 heterocycles. The maximum Gasteiger partial charge on any atom is 0.00577 e. The van der Waals surface area contributed by atoms with E-state index in [1.807, 2.05) is 21.6 Å². The Morgan fingerprint density at radius 2 is 1.04 bits per heavy atom. The zero-order valence-electron chi connectivity index (χ0n) is 14.0. The lowest BCUT2D eigenvalue weighted by molar-refractivity contribution is 1.03. The lowest BCUT2D eigenvalue weighted by Crippen LogP contribution is -2.29. The molecule has 1 aliphatic heterocycles. The Balaban J connectivity index is 2.13. The fraction of sp³-hybridized carbons (Fsp3) is 0.136. The highest BCUT2D eigenvalue weighted by molar-refractivity contribution is 8.83. The predicted octanol–water partition coefficient (Wildman–Crippen LogP) is 5.29. The standard InChI is InChI=1S/C22H21PS2/c1-4-11-19(12-5-1)23(20-13-6-2-7-14-20,21-15-8-3-9-16-21)22-17-10-18-24-25-22/h1-9,11-16H,10,17-18H2. The maximum atomic E-state index is 2.33. The Labute approximate surface area is 158 Å². The third-order valence-corrected chi connectivity index (χ3v) is 12.7. The minimum absolute atomic E-state index is 1.21. The largest absolute Gasteiger partial charge is 0.0892 e. The van der Waals surface area contributed by atoms with Crippen LogP contribution in [0.25, 0.3) is 0 Å². The van der Waals surface area contributed by atoms with Crippen LogP contribution in [-0.2, 0) is 0 Å². The van der Waals surface area contributed by atoms with Gasteiger partial charge < -0.3 is 0 Å². The Morgan fingerprint density at radius 1 is 0.600 bits per heavy atom. The highest BCUT2D eigenvalue weighted by Gasteiger charge is 2.30. The molecule has 0 amide bonds. The Bertz CT molecular complexity index is 762. The van der Waals surface area contributed by atoms with Crippen LogP contribution in [0.2, 0.25) is 0 Å². The van der Waals surface area contributed by atoms with E-state index in [2.05, 4.69) is 91.0 Å². The van der Waals surface area contributed by atoms with Gasteiger partial charge >= 0.3 is 0 Å². The van der Waals surface area contributed by atoms with Crippen LogP contribution in [0.3, 0.4) is 0 Å². The molecule has 0 bridgehead atoms. The van der Waals surface area contributed by atoms with Gasteiger partial charge in [-0.3, -0.25) is 0 Å². The van der Waals surface area contributed by atoms with Gasteiger partial charge in [-0.05, 0) is 35.6 Å². The molecule has 4 rings (SSSR count). The van der Waals surface area contributed by atoms with Crippen molar-refractivity contribution < 1.29 is 0 Å². The summed E-state index contributed by atoms with van der Waals surface area (Å²) in [6.45, 7) is -1.77. The van der Waals surface area contributed by atoms with Gasteiger partial charge in [0.05, 0.1) is 0 Å². The van der Waals surface area contributed by atoms with Gasteiger partial charge in [-0.15, -0.1) is 0 Å². The summed E-state index contributed by atoms with van der Waals surface area (Å²) >= 11 is 0. The summed E-state index contributed by atoms with van der Waals surface area (Å²) in [5, 5.41) is 4.41. The van der Waals surface area contributed by atoms with Gasteiger partial charge in [-0.25, -0.2) is 0 Å². The molecule has 126 valence electrons. The molecular weight excluding hydrogens is 359 g/mol. The molecular formula is C22H21PS2. The summed E-state index contributed by atoms with van der Waals surface area (Å²) in [5.74, 6) is 1.26. The quantitative estimate of drug-likeness (QED) is 0.448. The molecule has 0 nitrogen and oxygen atoms in total. The average molecular weight is 381 g/mol. The van der Waals surface area contributed by atoms with Crippen molar-refractivity contribution in [3.63, 3.8) is 0 Å². The number of rotatable bonds is 3. The number of hydrogen-bond acceptors (Lipinski definition) is 2. The lowest BCUT2D eigenvalue weighted by Gasteiger charge is -2.33. The van der Waals surface area contributed by atoms with Crippen molar-refractivity contribution in [2.24, 2.45) is 0 Å². The highest BCUT2D eigenvalue weighted by atomic mass is 33.1. The summed E-state index contributed by atoms with van der Waals surface area (Å²) in [6.07, 6.45) is 2.49. The first-order chi connectivity index (χ1) is 12.4. The van der Waals surface area contributed by atoms with Gasteiger partial charge in [0.2, 0.25) is 0 Å². The van der Waals surface area contributed by atoms with Crippen molar-refractivity contribution in [2.45, 2.75) is 12.8 Å². The van der Waals surface area contributed by atoms with Gasteiger partial charge in [0.1, 0.15) is 0 Å². The van der Waals surface area contributed by atoms with Gasteiger partial charge in [0.15, 0.2) is 0 Å². The van der Waals surface area contributed by atoms with Crippen molar-refractivity contribution >= 4 is 49.0 Å². The summed E-state index contributed by atoms with van der Waals surface area (Å²) < 4.78 is 1.66. The minimum atomic E-state index is -1.77. The smallest absolute Gasteiger partial charge is 0.00577 e. The Kier molecular flexibility index (Phi) is 5.41. The van der Waals surface area contributed by atoms with E-state index in [4.69, 9.17) is 0 Å². The Morgan fingerprint density at radius 3 is 1.40 bits per heavy atom. The predicted molar refractivity (Wildman–Crippen MR) is 119 cm³/mol. The second-order valence-corrected chi connectivity index (χ2v) is 12.3. The van der Waals surface area contributed by atoms with Gasteiger partial charge in [0.25, 0.3) is 0 Å².